The molecule has 7 nitrogen and oxygen atoms in total. The van der Waals surface area contributed by atoms with Crippen LogP contribution in [0, 0.1) is 0 Å². The number of hydrogen-bond donors (Lipinski definition) is 2. The van der Waals surface area contributed by atoms with Gasteiger partial charge in [-0.15, -0.1) is 0 Å². The van der Waals surface area contributed by atoms with Crippen LogP contribution in [0.3, 0.4) is 0 Å². The minimum atomic E-state index is -4.05. The van der Waals surface area contributed by atoms with Crippen LogP contribution < -0.4 is 9.46 Å². The zero-order valence-corrected chi connectivity index (χ0v) is 14.2. The standard InChI is InChI=1S/C14H11ClF2N4O3S/c1-24-14-9(4-5-11(15)20-14)21-25(22,23)10-6-18-13-7(10)2-3-8(19-13)12(16)17/h2-6,12,21H,1H3,(H,18,19). The third-order valence-corrected chi connectivity index (χ3v) is 4.92. The number of nitrogens with zero attached hydrogens (tertiary/aromatic N) is 2. The predicted molar refractivity (Wildman–Crippen MR) is 87.7 cm³/mol. The quantitative estimate of drug-likeness (QED) is 0.653. The van der Waals surface area contributed by atoms with Crippen LogP contribution in [-0.2, 0) is 10.0 Å². The summed E-state index contributed by atoms with van der Waals surface area (Å²) in [4.78, 5) is 10.0. The normalized spacial score (nSPS) is 11.9. The minimum Gasteiger partial charge on any atom is -0.479 e. The monoisotopic (exact) mass is 388 g/mol. The second-order valence-corrected chi connectivity index (χ2v) is 6.92. The maximum atomic E-state index is 12.7. The van der Waals surface area contributed by atoms with E-state index in [2.05, 4.69) is 19.7 Å². The number of rotatable bonds is 5. The average molecular weight is 389 g/mol. The second-order valence-electron chi connectivity index (χ2n) is 4.88. The highest BCUT2D eigenvalue weighted by Crippen LogP contribution is 2.29. The van der Waals surface area contributed by atoms with Crippen molar-refractivity contribution in [1.29, 1.82) is 0 Å². The first-order valence-corrected chi connectivity index (χ1v) is 8.67. The van der Waals surface area contributed by atoms with Crippen molar-refractivity contribution >= 4 is 38.3 Å². The molecule has 0 spiro atoms. The minimum absolute atomic E-state index is 0.00553. The Morgan fingerprint density at radius 3 is 2.68 bits per heavy atom. The fourth-order valence-corrected chi connectivity index (χ4v) is 3.55. The number of aromatic amines is 1. The number of pyridine rings is 2. The Hall–Kier alpha value is -2.46. The molecule has 0 aliphatic carbocycles. The molecular weight excluding hydrogens is 378 g/mol. The summed E-state index contributed by atoms with van der Waals surface area (Å²) in [5, 5.41) is 0.313. The number of methoxy groups -OCH3 is 1. The van der Waals surface area contributed by atoms with Gasteiger partial charge in [-0.05, 0) is 24.3 Å². The summed E-state index contributed by atoms with van der Waals surface area (Å²) >= 11 is 5.74. The molecule has 0 unspecified atom stereocenters. The van der Waals surface area contributed by atoms with Gasteiger partial charge in [-0.2, -0.15) is 4.98 Å². The van der Waals surface area contributed by atoms with E-state index < -0.39 is 22.1 Å². The number of alkyl halides is 2. The SMILES string of the molecule is COc1nc(Cl)ccc1NS(=O)(=O)c1c[nH]c2nc(C(F)F)ccc12. The number of fused-ring (bicyclic) bond motifs is 1. The van der Waals surface area contributed by atoms with E-state index in [-0.39, 0.29) is 32.6 Å². The van der Waals surface area contributed by atoms with Gasteiger partial charge in [0.05, 0.1) is 7.11 Å². The Morgan fingerprint density at radius 2 is 2.00 bits per heavy atom. The predicted octanol–water partition coefficient (Wildman–Crippen LogP) is 3.36. The molecule has 3 aromatic heterocycles. The van der Waals surface area contributed by atoms with Crippen molar-refractivity contribution in [3.63, 3.8) is 0 Å². The maximum Gasteiger partial charge on any atom is 0.280 e. The lowest BCUT2D eigenvalue weighted by atomic mass is 10.3. The highest BCUT2D eigenvalue weighted by molar-refractivity contribution is 7.93. The van der Waals surface area contributed by atoms with E-state index in [1.165, 1.54) is 31.5 Å². The van der Waals surface area contributed by atoms with Gasteiger partial charge < -0.3 is 9.72 Å². The van der Waals surface area contributed by atoms with Crippen LogP contribution in [0.5, 0.6) is 5.88 Å². The van der Waals surface area contributed by atoms with Gasteiger partial charge in [0.1, 0.15) is 27.1 Å². The number of nitrogens with one attached hydrogen (secondary N) is 2. The van der Waals surface area contributed by atoms with Crippen LogP contribution in [0.1, 0.15) is 12.1 Å². The van der Waals surface area contributed by atoms with Crippen molar-refractivity contribution in [2.75, 3.05) is 11.8 Å². The van der Waals surface area contributed by atoms with E-state index in [0.29, 0.717) is 0 Å². The lowest BCUT2D eigenvalue weighted by molar-refractivity contribution is 0.146. The van der Waals surface area contributed by atoms with Crippen LogP contribution in [0.15, 0.2) is 35.4 Å². The summed E-state index contributed by atoms with van der Waals surface area (Å²) in [5.41, 5.74) is -0.326. The van der Waals surface area contributed by atoms with Gasteiger partial charge in [0.15, 0.2) is 0 Å². The van der Waals surface area contributed by atoms with E-state index in [4.69, 9.17) is 16.3 Å². The van der Waals surface area contributed by atoms with E-state index in [1.54, 1.807) is 0 Å². The summed E-state index contributed by atoms with van der Waals surface area (Å²) < 4.78 is 58.0. The van der Waals surface area contributed by atoms with E-state index in [1.807, 2.05) is 0 Å². The fraction of sp³-hybridized carbons (Fsp3) is 0.143. The molecule has 3 heterocycles. The van der Waals surface area contributed by atoms with E-state index >= 15 is 0 Å². The number of H-pyrrole nitrogens is 1. The molecule has 11 heteroatoms. The Kier molecular flexibility index (Phi) is 4.48. The van der Waals surface area contributed by atoms with Crippen molar-refractivity contribution in [3.05, 3.63) is 41.3 Å². The van der Waals surface area contributed by atoms with Crippen molar-refractivity contribution in [2.45, 2.75) is 11.3 Å². The summed E-state index contributed by atoms with van der Waals surface area (Å²) in [5.74, 6) is -0.00553. The van der Waals surface area contributed by atoms with Crippen LogP contribution in [0.25, 0.3) is 11.0 Å². The Labute approximate surface area is 146 Å². The molecule has 0 aliphatic heterocycles. The number of aromatic nitrogens is 3. The van der Waals surface area contributed by atoms with E-state index in [9.17, 15) is 17.2 Å². The molecule has 132 valence electrons. The Morgan fingerprint density at radius 1 is 1.24 bits per heavy atom. The number of anilines is 1. The summed E-state index contributed by atoms with van der Waals surface area (Å²) in [6.45, 7) is 0. The van der Waals surface area contributed by atoms with Crippen LogP contribution in [0.4, 0.5) is 14.5 Å². The second kappa shape index (κ2) is 6.45. The first kappa shape index (κ1) is 17.4. The largest absolute Gasteiger partial charge is 0.479 e. The molecule has 3 rings (SSSR count). The molecule has 3 aromatic rings. The molecule has 2 N–H and O–H groups in total. The van der Waals surface area contributed by atoms with Gasteiger partial charge in [0, 0.05) is 11.6 Å². The van der Waals surface area contributed by atoms with E-state index in [0.717, 1.165) is 6.07 Å². The lowest BCUT2D eigenvalue weighted by Gasteiger charge is -2.10. The fourth-order valence-electron chi connectivity index (χ4n) is 2.19. The van der Waals surface area contributed by atoms with Crippen molar-refractivity contribution in [1.82, 2.24) is 15.0 Å². The molecule has 0 radical (unpaired) electrons. The topological polar surface area (TPSA) is 97.0 Å². The van der Waals surface area contributed by atoms with Crippen molar-refractivity contribution in [2.24, 2.45) is 0 Å². The van der Waals surface area contributed by atoms with Crippen molar-refractivity contribution in [3.8, 4) is 5.88 Å². The molecule has 0 atom stereocenters. The summed E-state index contributed by atoms with van der Waals surface area (Å²) in [6, 6.07) is 5.14. The van der Waals surface area contributed by atoms with Crippen LogP contribution in [-0.4, -0.2) is 30.5 Å². The highest BCUT2D eigenvalue weighted by atomic mass is 35.5. The molecule has 0 aromatic carbocycles. The molecule has 25 heavy (non-hydrogen) atoms. The third-order valence-electron chi connectivity index (χ3n) is 3.30. The molecule has 0 aliphatic rings. The zero-order chi connectivity index (χ0) is 18.2. The molecule has 0 saturated heterocycles. The summed E-state index contributed by atoms with van der Waals surface area (Å²) in [6.07, 6.45) is -1.58. The number of sulfonamides is 1. The Balaban J connectivity index is 2.02. The third kappa shape index (κ3) is 3.35. The first-order valence-electron chi connectivity index (χ1n) is 6.81. The van der Waals surface area contributed by atoms with Gasteiger partial charge in [0.2, 0.25) is 5.88 Å². The van der Waals surface area contributed by atoms with Crippen LogP contribution in [0.2, 0.25) is 5.15 Å². The molecule has 0 saturated carbocycles. The molecule has 0 bridgehead atoms. The number of halogens is 3. The lowest BCUT2D eigenvalue weighted by Crippen LogP contribution is -2.13. The van der Waals surface area contributed by atoms with Gasteiger partial charge in [-0.3, -0.25) is 4.72 Å². The number of ether oxygens (including phenoxy) is 1. The van der Waals surface area contributed by atoms with Gasteiger partial charge in [-0.1, -0.05) is 11.6 Å². The Bertz CT molecular complexity index is 1040. The molecule has 0 amide bonds. The zero-order valence-electron chi connectivity index (χ0n) is 12.6. The smallest absolute Gasteiger partial charge is 0.280 e. The number of hydrogen-bond acceptors (Lipinski definition) is 5. The first-order chi connectivity index (χ1) is 11.8. The van der Waals surface area contributed by atoms with Gasteiger partial charge in [-0.25, -0.2) is 22.2 Å². The molecular formula is C14H11ClF2N4O3S. The molecule has 0 fully saturated rings. The van der Waals surface area contributed by atoms with Crippen LogP contribution >= 0.6 is 11.6 Å². The highest BCUT2D eigenvalue weighted by Gasteiger charge is 2.22. The average Bonchev–Trinajstić information content (AvgIpc) is 3.00. The maximum absolute atomic E-state index is 12.7. The van der Waals surface area contributed by atoms with Crippen molar-refractivity contribution < 1.29 is 21.9 Å². The van der Waals surface area contributed by atoms with Gasteiger partial charge in [0.25, 0.3) is 16.4 Å². The summed E-state index contributed by atoms with van der Waals surface area (Å²) in [7, 11) is -2.73. The van der Waals surface area contributed by atoms with Gasteiger partial charge >= 0.3 is 0 Å².